The first kappa shape index (κ1) is 30.8. The van der Waals surface area contributed by atoms with Gasteiger partial charge >= 0.3 is 16.2 Å². The highest BCUT2D eigenvalue weighted by atomic mass is 35.5. The summed E-state index contributed by atoms with van der Waals surface area (Å²) in [4.78, 5) is 11.8. The highest BCUT2D eigenvalue weighted by Crippen LogP contribution is 2.38. The smallest absolute Gasteiger partial charge is 0.330 e. The van der Waals surface area contributed by atoms with E-state index in [9.17, 15) is 13.2 Å². The average molecular weight is 593 g/mol. The third kappa shape index (κ3) is 7.49. The predicted octanol–water partition coefficient (Wildman–Crippen LogP) is 4.70. The van der Waals surface area contributed by atoms with Crippen molar-refractivity contribution in [3.05, 3.63) is 82.9 Å². The number of nitrogens with zero attached hydrogens (tertiary/aromatic N) is 4. The van der Waals surface area contributed by atoms with Crippen molar-refractivity contribution in [2.75, 3.05) is 39.1 Å². The van der Waals surface area contributed by atoms with Crippen LogP contribution in [-0.2, 0) is 30.1 Å². The van der Waals surface area contributed by atoms with Gasteiger partial charge in [-0.05, 0) is 30.9 Å². The maximum atomic E-state index is 13.0. The second-order valence-electron chi connectivity index (χ2n) is 8.31. The van der Waals surface area contributed by atoms with Gasteiger partial charge in [-0.1, -0.05) is 85.8 Å². The normalized spacial score (nSPS) is 18.2. The van der Waals surface area contributed by atoms with Gasteiger partial charge in [0, 0.05) is 29.8 Å². The van der Waals surface area contributed by atoms with Gasteiger partial charge in [0.05, 0.1) is 19.8 Å². The van der Waals surface area contributed by atoms with Crippen molar-refractivity contribution in [2.45, 2.75) is 26.4 Å². The SMILES string of the molecule is CCOC(=O)/C=C/COC1(c2ccccc2)CN(/C(=N/S(=O)(=O)N(CC)CC)SC)N=C1c1ccc(Cl)cc1. The van der Waals surface area contributed by atoms with Gasteiger partial charge in [0.2, 0.25) is 0 Å². The standard InChI is InChI=1S/C27H33ClN4O5S2/c1-5-31(6-2)39(34,35)30-26(38-4)32-20-27(22-12-9-8-10-13-22,37-19-11-14-24(33)36-7-3)25(29-32)21-15-17-23(28)18-16-21/h8-18H,5-7,19-20H2,1-4H3/b14-11+,30-26-. The zero-order valence-corrected chi connectivity index (χ0v) is 24.8. The maximum absolute atomic E-state index is 13.0. The van der Waals surface area contributed by atoms with Crippen molar-refractivity contribution in [3.63, 3.8) is 0 Å². The minimum atomic E-state index is -3.93. The second-order valence-corrected chi connectivity index (χ2v) is 11.1. The van der Waals surface area contributed by atoms with Gasteiger partial charge < -0.3 is 9.47 Å². The van der Waals surface area contributed by atoms with Crippen molar-refractivity contribution in [3.8, 4) is 0 Å². The number of hydrogen-bond acceptors (Lipinski definition) is 7. The lowest BCUT2D eigenvalue weighted by Crippen LogP contribution is -2.43. The molecule has 1 aliphatic heterocycles. The number of rotatable bonds is 11. The molecule has 2 aromatic rings. The van der Waals surface area contributed by atoms with Crippen LogP contribution in [0.4, 0.5) is 0 Å². The van der Waals surface area contributed by atoms with E-state index in [1.54, 1.807) is 50.2 Å². The Balaban J connectivity index is 2.13. The number of ether oxygens (including phenoxy) is 2. The van der Waals surface area contributed by atoms with Crippen molar-refractivity contribution in [1.82, 2.24) is 9.31 Å². The Bertz CT molecular complexity index is 1310. The van der Waals surface area contributed by atoms with Crippen LogP contribution >= 0.6 is 23.4 Å². The van der Waals surface area contributed by atoms with Gasteiger partial charge in [-0.15, -0.1) is 4.40 Å². The number of hydrogen-bond donors (Lipinski definition) is 0. The quantitative estimate of drug-likeness (QED) is 0.161. The van der Waals surface area contributed by atoms with E-state index in [4.69, 9.17) is 26.2 Å². The Morgan fingerprint density at radius 2 is 1.82 bits per heavy atom. The molecular formula is C27H33ClN4O5S2. The van der Waals surface area contributed by atoms with Crippen molar-refractivity contribution in [1.29, 1.82) is 0 Å². The molecule has 0 bridgehead atoms. The minimum Gasteiger partial charge on any atom is -0.463 e. The minimum absolute atomic E-state index is 0.0671. The third-order valence-electron chi connectivity index (χ3n) is 5.93. The van der Waals surface area contributed by atoms with E-state index in [1.165, 1.54) is 22.1 Å². The highest BCUT2D eigenvalue weighted by molar-refractivity contribution is 8.13. The lowest BCUT2D eigenvalue weighted by Gasteiger charge is -2.31. The number of hydrazone groups is 1. The van der Waals surface area contributed by atoms with Crippen LogP contribution in [0, 0.1) is 0 Å². The van der Waals surface area contributed by atoms with E-state index in [0.29, 0.717) is 23.8 Å². The van der Waals surface area contributed by atoms with Crippen molar-refractivity contribution < 1.29 is 22.7 Å². The third-order valence-corrected chi connectivity index (χ3v) is 8.54. The first-order chi connectivity index (χ1) is 18.7. The van der Waals surface area contributed by atoms with Gasteiger partial charge in [0.15, 0.2) is 10.8 Å². The Labute approximate surface area is 239 Å². The number of esters is 1. The summed E-state index contributed by atoms with van der Waals surface area (Å²) in [6.45, 7) is 6.35. The van der Waals surface area contributed by atoms with E-state index < -0.39 is 21.8 Å². The summed E-state index contributed by atoms with van der Waals surface area (Å²) in [5, 5.41) is 7.18. The van der Waals surface area contributed by atoms with E-state index >= 15 is 0 Å². The van der Waals surface area contributed by atoms with E-state index in [1.807, 2.05) is 42.5 Å². The number of thioether (sulfide) groups is 1. The molecule has 0 N–H and O–H groups in total. The fourth-order valence-corrected chi connectivity index (χ4v) is 6.17. The summed E-state index contributed by atoms with van der Waals surface area (Å²) in [7, 11) is -3.93. The van der Waals surface area contributed by atoms with Gasteiger partial charge in [-0.25, -0.2) is 9.80 Å². The molecule has 1 unspecified atom stereocenters. The van der Waals surface area contributed by atoms with Gasteiger partial charge in [-0.3, -0.25) is 0 Å². The molecule has 0 spiro atoms. The van der Waals surface area contributed by atoms with Crippen molar-refractivity contribution in [2.24, 2.45) is 9.50 Å². The molecule has 1 aliphatic rings. The molecule has 0 amide bonds. The molecule has 0 aliphatic carbocycles. The lowest BCUT2D eigenvalue weighted by atomic mass is 9.85. The molecule has 0 aromatic heterocycles. The topological polar surface area (TPSA) is 101 Å². The van der Waals surface area contributed by atoms with Crippen LogP contribution in [0.15, 0.2) is 76.2 Å². The molecule has 0 radical (unpaired) electrons. The number of halogens is 1. The van der Waals surface area contributed by atoms with Crippen LogP contribution in [0.25, 0.3) is 0 Å². The summed E-state index contributed by atoms with van der Waals surface area (Å²) in [6, 6.07) is 16.7. The number of carbonyl (C=O) groups excluding carboxylic acids is 1. The molecule has 0 fully saturated rings. The van der Waals surface area contributed by atoms with E-state index in [0.717, 1.165) is 11.1 Å². The van der Waals surface area contributed by atoms with Gasteiger partial charge in [0.1, 0.15) is 5.71 Å². The van der Waals surface area contributed by atoms with Crippen LogP contribution in [-0.4, -0.2) is 73.7 Å². The fraction of sp³-hybridized carbons (Fsp3) is 0.370. The zero-order valence-electron chi connectivity index (χ0n) is 22.4. The first-order valence-corrected chi connectivity index (χ1v) is 15.5. The summed E-state index contributed by atoms with van der Waals surface area (Å²) in [6.07, 6.45) is 4.65. The molecule has 2 aromatic carbocycles. The average Bonchev–Trinajstić information content (AvgIpc) is 3.32. The Hall–Kier alpha value is -2.70. The molecule has 3 rings (SSSR count). The van der Waals surface area contributed by atoms with Gasteiger partial charge in [-0.2, -0.15) is 17.8 Å². The highest BCUT2D eigenvalue weighted by Gasteiger charge is 2.47. The molecule has 12 heteroatoms. The molecule has 0 saturated heterocycles. The number of carbonyl (C=O) groups is 1. The fourth-order valence-electron chi connectivity index (χ4n) is 4.09. The maximum Gasteiger partial charge on any atom is 0.330 e. The monoisotopic (exact) mass is 592 g/mol. The number of benzene rings is 2. The zero-order chi connectivity index (χ0) is 28.5. The van der Waals surface area contributed by atoms with Crippen LogP contribution in [0.2, 0.25) is 5.02 Å². The Morgan fingerprint density at radius 3 is 2.41 bits per heavy atom. The molecule has 39 heavy (non-hydrogen) atoms. The van der Waals surface area contributed by atoms with Crippen molar-refractivity contribution >= 4 is 50.4 Å². The van der Waals surface area contributed by atoms with Crippen LogP contribution in [0.5, 0.6) is 0 Å². The van der Waals surface area contributed by atoms with E-state index in [-0.39, 0.29) is 24.9 Å². The van der Waals surface area contributed by atoms with Crippen LogP contribution in [0.3, 0.4) is 0 Å². The molecular weight excluding hydrogens is 560 g/mol. The van der Waals surface area contributed by atoms with Gasteiger partial charge in [0.25, 0.3) is 0 Å². The molecule has 9 nitrogen and oxygen atoms in total. The Morgan fingerprint density at radius 1 is 1.15 bits per heavy atom. The molecule has 1 atom stereocenters. The molecule has 0 saturated carbocycles. The lowest BCUT2D eigenvalue weighted by molar-refractivity contribution is -0.137. The Kier molecular flexibility index (Phi) is 11.1. The predicted molar refractivity (Wildman–Crippen MR) is 157 cm³/mol. The molecule has 210 valence electrons. The number of amidine groups is 1. The largest absolute Gasteiger partial charge is 0.463 e. The van der Waals surface area contributed by atoms with Crippen LogP contribution < -0.4 is 0 Å². The van der Waals surface area contributed by atoms with E-state index in [2.05, 4.69) is 4.40 Å². The van der Waals surface area contributed by atoms with Crippen LogP contribution in [0.1, 0.15) is 31.9 Å². The molecule has 1 heterocycles. The summed E-state index contributed by atoms with van der Waals surface area (Å²) in [5.74, 6) is -0.465. The second kappa shape index (κ2) is 14.1. The summed E-state index contributed by atoms with van der Waals surface area (Å²) in [5.41, 5.74) is 0.977. The first-order valence-electron chi connectivity index (χ1n) is 12.5. The summed E-state index contributed by atoms with van der Waals surface area (Å²) >= 11 is 7.34. The summed E-state index contributed by atoms with van der Waals surface area (Å²) < 4.78 is 42.9.